The summed E-state index contributed by atoms with van der Waals surface area (Å²) in [5.41, 5.74) is 0.690. The molecule has 2 aromatic heterocycles. The summed E-state index contributed by atoms with van der Waals surface area (Å²) >= 11 is 0. The van der Waals surface area contributed by atoms with Crippen LogP contribution < -0.4 is 0 Å². The molecule has 0 aliphatic carbocycles. The molecule has 56 valence electrons. The molecule has 0 bridgehead atoms. The smallest absolute Gasteiger partial charge is 0.222 e. The van der Waals surface area contributed by atoms with Crippen molar-refractivity contribution >= 4 is 0 Å². The van der Waals surface area contributed by atoms with E-state index in [2.05, 4.69) is 25.0 Å². The standard InChI is InChI=1S/C5H5N5O/c1-4-5(9-11-8-4)10-3-6-2-7-10/h2-3H,1H3. The van der Waals surface area contributed by atoms with Gasteiger partial charge >= 0.3 is 0 Å². The van der Waals surface area contributed by atoms with E-state index in [-0.39, 0.29) is 0 Å². The number of rotatable bonds is 1. The Morgan fingerprint density at radius 2 is 2.36 bits per heavy atom. The molecule has 0 N–H and O–H groups in total. The van der Waals surface area contributed by atoms with Crippen LogP contribution in [0.1, 0.15) is 5.69 Å². The van der Waals surface area contributed by atoms with Crippen molar-refractivity contribution < 1.29 is 4.63 Å². The van der Waals surface area contributed by atoms with Gasteiger partial charge in [0.25, 0.3) is 0 Å². The van der Waals surface area contributed by atoms with Crippen LogP contribution in [0.15, 0.2) is 17.3 Å². The predicted octanol–water partition coefficient (Wildman–Crippen LogP) is -0.0413. The summed E-state index contributed by atoms with van der Waals surface area (Å²) in [6.45, 7) is 1.79. The van der Waals surface area contributed by atoms with Crippen molar-refractivity contribution in [2.75, 3.05) is 0 Å². The summed E-state index contributed by atoms with van der Waals surface area (Å²) in [4.78, 5) is 3.76. The molecule has 0 atom stereocenters. The number of hydrogen-bond donors (Lipinski definition) is 0. The molecule has 2 aromatic rings. The van der Waals surface area contributed by atoms with Crippen LogP contribution in [0.3, 0.4) is 0 Å². The maximum Gasteiger partial charge on any atom is 0.222 e. The summed E-state index contributed by atoms with van der Waals surface area (Å²) < 4.78 is 5.97. The van der Waals surface area contributed by atoms with Crippen LogP contribution in [0.4, 0.5) is 0 Å². The van der Waals surface area contributed by atoms with Gasteiger partial charge in [-0.05, 0) is 12.1 Å². The first-order valence-corrected chi connectivity index (χ1v) is 3.02. The normalized spacial score (nSPS) is 10.3. The molecule has 6 nitrogen and oxygen atoms in total. The zero-order valence-electron chi connectivity index (χ0n) is 5.80. The molecule has 0 aromatic carbocycles. The molecule has 0 aliphatic heterocycles. The lowest BCUT2D eigenvalue weighted by molar-refractivity contribution is 0.303. The first-order chi connectivity index (χ1) is 5.38. The Morgan fingerprint density at radius 3 is 2.91 bits per heavy atom. The highest BCUT2D eigenvalue weighted by atomic mass is 16.6. The second-order valence-electron chi connectivity index (χ2n) is 2.01. The number of nitrogens with zero attached hydrogens (tertiary/aromatic N) is 5. The largest absolute Gasteiger partial charge is 0.242 e. The molecular formula is C5H5N5O. The number of hydrogen-bond acceptors (Lipinski definition) is 5. The summed E-state index contributed by atoms with van der Waals surface area (Å²) in [6, 6.07) is 0. The fourth-order valence-electron chi connectivity index (χ4n) is 0.752. The zero-order valence-corrected chi connectivity index (χ0v) is 5.80. The minimum atomic E-state index is 0.572. The predicted molar refractivity (Wildman–Crippen MR) is 34.0 cm³/mol. The lowest BCUT2D eigenvalue weighted by Crippen LogP contribution is -1.96. The average Bonchev–Trinajstić information content (AvgIpc) is 2.55. The molecule has 2 rings (SSSR count). The van der Waals surface area contributed by atoms with Crippen LogP contribution in [0.25, 0.3) is 5.82 Å². The highest BCUT2D eigenvalue weighted by molar-refractivity contribution is 5.21. The lowest BCUT2D eigenvalue weighted by Gasteiger charge is -1.89. The third-order valence-electron chi connectivity index (χ3n) is 1.26. The second-order valence-corrected chi connectivity index (χ2v) is 2.01. The number of aryl methyl sites for hydroxylation is 1. The minimum Gasteiger partial charge on any atom is -0.242 e. The number of aromatic nitrogens is 5. The van der Waals surface area contributed by atoms with Gasteiger partial charge in [-0.2, -0.15) is 9.78 Å². The van der Waals surface area contributed by atoms with Gasteiger partial charge in [-0.25, -0.2) is 9.61 Å². The molecule has 0 unspecified atom stereocenters. The molecule has 0 saturated heterocycles. The molecule has 2 heterocycles. The van der Waals surface area contributed by atoms with Gasteiger partial charge in [0.2, 0.25) is 5.82 Å². The average molecular weight is 151 g/mol. The first-order valence-electron chi connectivity index (χ1n) is 3.02. The van der Waals surface area contributed by atoms with Crippen molar-refractivity contribution in [1.29, 1.82) is 0 Å². The topological polar surface area (TPSA) is 69.6 Å². The van der Waals surface area contributed by atoms with Crippen LogP contribution in [0, 0.1) is 6.92 Å². The van der Waals surface area contributed by atoms with E-state index >= 15 is 0 Å². The fraction of sp³-hybridized carbons (Fsp3) is 0.200. The third-order valence-corrected chi connectivity index (χ3v) is 1.26. The van der Waals surface area contributed by atoms with E-state index in [1.165, 1.54) is 17.3 Å². The van der Waals surface area contributed by atoms with Crippen LogP contribution in [-0.4, -0.2) is 25.1 Å². The molecule has 0 spiro atoms. The van der Waals surface area contributed by atoms with E-state index in [0.29, 0.717) is 11.5 Å². The Hall–Kier alpha value is -1.72. The molecular weight excluding hydrogens is 146 g/mol. The molecule has 0 saturated carbocycles. The van der Waals surface area contributed by atoms with E-state index in [4.69, 9.17) is 0 Å². The molecule has 0 amide bonds. The molecule has 11 heavy (non-hydrogen) atoms. The van der Waals surface area contributed by atoms with Crippen molar-refractivity contribution in [2.24, 2.45) is 0 Å². The van der Waals surface area contributed by atoms with Gasteiger partial charge in [0.05, 0.1) is 0 Å². The minimum absolute atomic E-state index is 0.572. The van der Waals surface area contributed by atoms with Gasteiger partial charge in [-0.3, -0.25) is 0 Å². The summed E-state index contributed by atoms with van der Waals surface area (Å²) in [5, 5.41) is 11.1. The third kappa shape index (κ3) is 0.878. The van der Waals surface area contributed by atoms with E-state index in [0.717, 1.165) is 0 Å². The highest BCUT2D eigenvalue weighted by Crippen LogP contribution is 2.03. The molecule has 0 fully saturated rings. The van der Waals surface area contributed by atoms with E-state index in [9.17, 15) is 0 Å². The van der Waals surface area contributed by atoms with E-state index in [1.807, 2.05) is 0 Å². The van der Waals surface area contributed by atoms with Crippen LogP contribution in [0.2, 0.25) is 0 Å². The Kier molecular flexibility index (Phi) is 1.18. The van der Waals surface area contributed by atoms with Crippen molar-refractivity contribution in [3.8, 4) is 5.82 Å². The van der Waals surface area contributed by atoms with Gasteiger partial charge in [0, 0.05) is 0 Å². The van der Waals surface area contributed by atoms with Gasteiger partial charge in [-0.15, -0.1) is 0 Å². The maximum atomic E-state index is 4.48. The molecule has 0 radical (unpaired) electrons. The highest BCUT2D eigenvalue weighted by Gasteiger charge is 2.06. The quantitative estimate of drug-likeness (QED) is 0.571. The lowest BCUT2D eigenvalue weighted by atomic mass is 10.5. The fourth-order valence-corrected chi connectivity index (χ4v) is 0.752. The maximum absolute atomic E-state index is 4.48. The Labute approximate surface area is 61.8 Å². The van der Waals surface area contributed by atoms with Crippen LogP contribution in [-0.2, 0) is 0 Å². The van der Waals surface area contributed by atoms with Gasteiger partial charge in [0.1, 0.15) is 18.3 Å². The Balaban J connectivity index is 2.53. The molecule has 0 aliphatic rings. The van der Waals surface area contributed by atoms with Crippen molar-refractivity contribution in [3.05, 3.63) is 18.3 Å². The summed E-state index contributed by atoms with van der Waals surface area (Å²) in [5.74, 6) is 0.572. The first kappa shape index (κ1) is 6.02. The Morgan fingerprint density at radius 1 is 1.45 bits per heavy atom. The SMILES string of the molecule is Cc1nonc1-n1cncn1. The van der Waals surface area contributed by atoms with Crippen molar-refractivity contribution in [2.45, 2.75) is 6.92 Å². The van der Waals surface area contributed by atoms with Gasteiger partial charge in [-0.1, -0.05) is 5.16 Å². The Bertz CT molecular complexity index is 337. The summed E-state index contributed by atoms with van der Waals surface area (Å²) in [7, 11) is 0. The van der Waals surface area contributed by atoms with Crippen molar-refractivity contribution in [3.63, 3.8) is 0 Å². The van der Waals surface area contributed by atoms with Crippen LogP contribution >= 0.6 is 0 Å². The summed E-state index contributed by atoms with van der Waals surface area (Å²) in [6.07, 6.45) is 2.96. The van der Waals surface area contributed by atoms with E-state index < -0.39 is 0 Å². The molecule has 6 heteroatoms. The van der Waals surface area contributed by atoms with Crippen LogP contribution in [0.5, 0.6) is 0 Å². The monoisotopic (exact) mass is 151 g/mol. The second kappa shape index (κ2) is 2.15. The van der Waals surface area contributed by atoms with Crippen molar-refractivity contribution in [1.82, 2.24) is 25.1 Å². The zero-order chi connectivity index (χ0) is 7.68. The van der Waals surface area contributed by atoms with Gasteiger partial charge < -0.3 is 0 Å². The van der Waals surface area contributed by atoms with Gasteiger partial charge in [0.15, 0.2) is 0 Å². The van der Waals surface area contributed by atoms with E-state index in [1.54, 1.807) is 6.92 Å².